The quantitative estimate of drug-likeness (QED) is 0.703. The molecule has 1 saturated heterocycles. The molecule has 0 spiro atoms. The van der Waals surface area contributed by atoms with Gasteiger partial charge in [-0.2, -0.15) is 0 Å². The Labute approximate surface area is 132 Å². The van der Waals surface area contributed by atoms with E-state index in [1.165, 1.54) is 4.88 Å². The lowest BCUT2D eigenvalue weighted by Crippen LogP contribution is -2.37. The minimum Gasteiger partial charge on any atom is -0.383 e. The molecule has 1 aromatic rings. The number of methoxy groups -OCH3 is 2. The minimum atomic E-state index is -0.660. The van der Waals surface area contributed by atoms with E-state index < -0.39 is 10.8 Å². The van der Waals surface area contributed by atoms with Crippen molar-refractivity contribution < 1.29 is 13.7 Å². The van der Waals surface area contributed by atoms with Gasteiger partial charge in [0.05, 0.1) is 18.9 Å². The summed E-state index contributed by atoms with van der Waals surface area (Å²) in [6.07, 6.45) is 0. The lowest BCUT2D eigenvalue weighted by atomic mass is 10.3. The van der Waals surface area contributed by atoms with E-state index in [4.69, 9.17) is 14.5 Å². The second-order valence-corrected chi connectivity index (χ2v) is 7.56. The molecule has 2 rings (SSSR count). The van der Waals surface area contributed by atoms with E-state index in [1.54, 1.807) is 25.6 Å². The van der Waals surface area contributed by atoms with Crippen LogP contribution in [0.4, 0.5) is 5.13 Å². The van der Waals surface area contributed by atoms with Gasteiger partial charge in [-0.05, 0) is 0 Å². The van der Waals surface area contributed by atoms with Gasteiger partial charge >= 0.3 is 0 Å². The predicted octanol–water partition coefficient (Wildman–Crippen LogP) is 0.594. The van der Waals surface area contributed by atoms with E-state index in [0.717, 1.165) is 48.5 Å². The third-order valence-electron chi connectivity index (χ3n) is 3.26. The van der Waals surface area contributed by atoms with Gasteiger partial charge in [-0.3, -0.25) is 4.21 Å². The van der Waals surface area contributed by atoms with Crippen molar-refractivity contribution in [2.24, 2.45) is 0 Å². The van der Waals surface area contributed by atoms with Gasteiger partial charge in [0, 0.05) is 67.6 Å². The average molecular weight is 333 g/mol. The van der Waals surface area contributed by atoms with Crippen LogP contribution in [-0.4, -0.2) is 61.2 Å². The van der Waals surface area contributed by atoms with E-state index in [-0.39, 0.29) is 0 Å². The molecule has 2 heterocycles. The zero-order valence-corrected chi connectivity index (χ0v) is 14.2. The van der Waals surface area contributed by atoms with Crippen molar-refractivity contribution in [2.75, 3.05) is 56.9 Å². The second kappa shape index (κ2) is 8.79. The molecule has 0 amide bonds. The van der Waals surface area contributed by atoms with E-state index in [9.17, 15) is 4.21 Å². The largest absolute Gasteiger partial charge is 0.383 e. The van der Waals surface area contributed by atoms with Gasteiger partial charge in [-0.25, -0.2) is 4.98 Å². The van der Waals surface area contributed by atoms with Gasteiger partial charge in [-0.1, -0.05) is 0 Å². The van der Waals surface area contributed by atoms with E-state index in [0.29, 0.717) is 13.2 Å². The molecule has 1 aromatic heterocycles. The molecule has 1 N–H and O–H groups in total. The summed E-state index contributed by atoms with van der Waals surface area (Å²) in [4.78, 5) is 8.13. The molecule has 6 nitrogen and oxygen atoms in total. The summed E-state index contributed by atoms with van der Waals surface area (Å²) in [5.41, 5.74) is 0.995. The van der Waals surface area contributed by atoms with Crippen molar-refractivity contribution >= 4 is 27.3 Å². The van der Waals surface area contributed by atoms with Crippen LogP contribution in [0.25, 0.3) is 0 Å². The maximum Gasteiger partial charge on any atom is 0.185 e. The van der Waals surface area contributed by atoms with Crippen molar-refractivity contribution in [1.29, 1.82) is 0 Å². The molecule has 1 aliphatic rings. The lowest BCUT2D eigenvalue weighted by Gasteiger charge is -2.25. The Morgan fingerprint density at radius 3 is 2.76 bits per heavy atom. The number of nitrogens with one attached hydrogen (secondary N) is 1. The molecular weight excluding hydrogens is 310 g/mol. The topological polar surface area (TPSA) is 63.7 Å². The summed E-state index contributed by atoms with van der Waals surface area (Å²) >= 11 is 1.70. The molecule has 120 valence electrons. The summed E-state index contributed by atoms with van der Waals surface area (Å²) in [6.45, 7) is 4.46. The number of nitrogens with zero attached hydrogens (tertiary/aromatic N) is 2. The van der Waals surface area contributed by atoms with Crippen LogP contribution in [0.5, 0.6) is 0 Å². The first-order valence-electron chi connectivity index (χ1n) is 7.01. The first-order valence-corrected chi connectivity index (χ1v) is 9.32. The van der Waals surface area contributed by atoms with Crippen molar-refractivity contribution in [3.05, 3.63) is 10.6 Å². The molecule has 0 bridgehead atoms. The SMILES string of the molecule is COCCNCc1sc(N2CCS(=O)CC2)nc1COC. The van der Waals surface area contributed by atoms with Gasteiger partial charge in [0.1, 0.15) is 0 Å². The number of hydrogen-bond acceptors (Lipinski definition) is 7. The molecule has 0 atom stereocenters. The van der Waals surface area contributed by atoms with Gasteiger partial charge in [0.2, 0.25) is 0 Å². The Morgan fingerprint density at radius 1 is 1.33 bits per heavy atom. The lowest BCUT2D eigenvalue weighted by molar-refractivity contribution is 0.181. The fraction of sp³-hybridized carbons (Fsp3) is 0.769. The molecule has 1 fully saturated rings. The van der Waals surface area contributed by atoms with E-state index >= 15 is 0 Å². The van der Waals surface area contributed by atoms with Crippen LogP contribution in [0.1, 0.15) is 10.6 Å². The number of thiazole rings is 1. The first-order chi connectivity index (χ1) is 10.2. The van der Waals surface area contributed by atoms with Gasteiger partial charge in [-0.15, -0.1) is 11.3 Å². The summed E-state index contributed by atoms with van der Waals surface area (Å²) in [6, 6.07) is 0. The van der Waals surface area contributed by atoms with Crippen molar-refractivity contribution in [3.8, 4) is 0 Å². The highest BCUT2D eigenvalue weighted by molar-refractivity contribution is 7.85. The van der Waals surface area contributed by atoms with Gasteiger partial charge < -0.3 is 19.7 Å². The monoisotopic (exact) mass is 333 g/mol. The number of hydrogen-bond donors (Lipinski definition) is 1. The minimum absolute atomic E-state index is 0.525. The Bertz CT molecular complexity index is 458. The summed E-state index contributed by atoms with van der Waals surface area (Å²) in [5, 5.41) is 4.36. The van der Waals surface area contributed by atoms with Gasteiger partial charge in [0.15, 0.2) is 5.13 Å². The zero-order chi connectivity index (χ0) is 15.1. The third kappa shape index (κ3) is 5.00. The van der Waals surface area contributed by atoms with E-state index in [2.05, 4.69) is 10.2 Å². The molecule has 0 aliphatic carbocycles. The van der Waals surface area contributed by atoms with Crippen LogP contribution >= 0.6 is 11.3 Å². The number of rotatable bonds is 8. The Balaban J connectivity index is 1.99. The molecule has 0 unspecified atom stereocenters. The molecule has 0 aromatic carbocycles. The summed E-state index contributed by atoms with van der Waals surface area (Å²) in [5.74, 6) is 1.47. The van der Waals surface area contributed by atoms with Crippen LogP contribution in [-0.2, 0) is 33.4 Å². The van der Waals surface area contributed by atoms with E-state index in [1.807, 2.05) is 0 Å². The average Bonchev–Trinajstić information content (AvgIpc) is 2.88. The predicted molar refractivity (Wildman–Crippen MR) is 86.5 cm³/mol. The molecule has 1 aliphatic heterocycles. The Kier molecular flexibility index (Phi) is 7.05. The van der Waals surface area contributed by atoms with Crippen LogP contribution in [0.3, 0.4) is 0 Å². The highest BCUT2D eigenvalue weighted by Crippen LogP contribution is 2.27. The smallest absolute Gasteiger partial charge is 0.185 e. The molecular formula is C13H23N3O3S2. The summed E-state index contributed by atoms with van der Waals surface area (Å²) in [7, 11) is 2.72. The first kappa shape index (κ1) is 16.8. The van der Waals surface area contributed by atoms with Crippen LogP contribution < -0.4 is 10.2 Å². The maximum atomic E-state index is 11.4. The highest BCUT2D eigenvalue weighted by atomic mass is 32.2. The third-order valence-corrected chi connectivity index (χ3v) is 5.70. The van der Waals surface area contributed by atoms with Crippen molar-refractivity contribution in [1.82, 2.24) is 10.3 Å². The van der Waals surface area contributed by atoms with Crippen molar-refractivity contribution in [2.45, 2.75) is 13.2 Å². The molecule has 8 heteroatoms. The molecule has 0 radical (unpaired) electrons. The summed E-state index contributed by atoms with van der Waals surface area (Å²) < 4.78 is 21.7. The Morgan fingerprint density at radius 2 is 2.10 bits per heavy atom. The standard InChI is InChI=1S/C13H23N3O3S2/c1-18-6-3-14-9-12-11(10-19-2)15-13(20-12)16-4-7-21(17)8-5-16/h14H,3-10H2,1-2H3. The van der Waals surface area contributed by atoms with Crippen LogP contribution in [0.2, 0.25) is 0 Å². The van der Waals surface area contributed by atoms with Crippen LogP contribution in [0, 0.1) is 0 Å². The van der Waals surface area contributed by atoms with Crippen molar-refractivity contribution in [3.63, 3.8) is 0 Å². The number of ether oxygens (including phenoxy) is 2. The van der Waals surface area contributed by atoms with Crippen LogP contribution in [0.15, 0.2) is 0 Å². The second-order valence-electron chi connectivity index (χ2n) is 4.80. The number of anilines is 1. The maximum absolute atomic E-state index is 11.4. The molecule has 0 saturated carbocycles. The fourth-order valence-corrected chi connectivity index (χ4v) is 4.23. The zero-order valence-electron chi connectivity index (χ0n) is 12.6. The number of aromatic nitrogens is 1. The Hall–Kier alpha value is -0.540. The van der Waals surface area contributed by atoms with Gasteiger partial charge in [0.25, 0.3) is 0 Å². The highest BCUT2D eigenvalue weighted by Gasteiger charge is 2.20. The fourth-order valence-electron chi connectivity index (χ4n) is 2.10. The normalized spacial score (nSPS) is 16.6. The molecule has 21 heavy (non-hydrogen) atoms.